The summed E-state index contributed by atoms with van der Waals surface area (Å²) >= 11 is 0. The Kier molecular flexibility index (Phi) is 7.15. The molecular formula is C8H16NO2. The monoisotopic (exact) mass is 158 g/mol. The third kappa shape index (κ3) is 9.43. The highest BCUT2D eigenvalue weighted by Gasteiger charge is 1.93. The minimum Gasteiger partial charge on any atom is -0.381 e. The van der Waals surface area contributed by atoms with E-state index < -0.39 is 0 Å². The zero-order valence-electron chi connectivity index (χ0n) is 6.84. The van der Waals surface area contributed by atoms with Crippen molar-refractivity contribution in [3.05, 3.63) is 6.92 Å². The summed E-state index contributed by atoms with van der Waals surface area (Å²) in [5, 5.41) is 0. The van der Waals surface area contributed by atoms with Gasteiger partial charge in [0.05, 0.1) is 6.61 Å². The molecule has 0 saturated heterocycles. The van der Waals surface area contributed by atoms with Crippen LogP contribution in [0.2, 0.25) is 0 Å². The Morgan fingerprint density at radius 1 is 1.36 bits per heavy atom. The quantitative estimate of drug-likeness (QED) is 0.559. The van der Waals surface area contributed by atoms with E-state index in [1.165, 1.54) is 0 Å². The van der Waals surface area contributed by atoms with Crippen LogP contribution >= 0.6 is 0 Å². The third-order valence-electron chi connectivity index (χ3n) is 1.28. The molecule has 0 aliphatic heterocycles. The number of amides is 1. The molecular weight excluding hydrogens is 142 g/mol. The zero-order valence-corrected chi connectivity index (χ0v) is 6.84. The molecule has 0 heterocycles. The van der Waals surface area contributed by atoms with Gasteiger partial charge in [-0.15, -0.1) is 0 Å². The van der Waals surface area contributed by atoms with Gasteiger partial charge in [0, 0.05) is 13.0 Å². The third-order valence-corrected chi connectivity index (χ3v) is 1.28. The normalized spacial score (nSPS) is 9.91. The molecule has 3 nitrogen and oxygen atoms in total. The van der Waals surface area contributed by atoms with E-state index in [0.29, 0.717) is 19.6 Å². The molecule has 0 aromatic rings. The Bertz CT molecular complexity index is 104. The molecule has 0 saturated carbocycles. The summed E-state index contributed by atoms with van der Waals surface area (Å²) in [5.41, 5.74) is 4.90. The number of primary amides is 1. The van der Waals surface area contributed by atoms with E-state index in [2.05, 4.69) is 6.92 Å². The van der Waals surface area contributed by atoms with E-state index in [-0.39, 0.29) is 5.91 Å². The van der Waals surface area contributed by atoms with Crippen LogP contribution in [-0.4, -0.2) is 19.1 Å². The van der Waals surface area contributed by atoms with Gasteiger partial charge in [0.15, 0.2) is 0 Å². The summed E-state index contributed by atoms with van der Waals surface area (Å²) < 4.78 is 5.12. The molecule has 0 unspecified atom stereocenters. The number of carbonyl (C=O) groups is 1. The maximum Gasteiger partial charge on any atom is 0.219 e. The van der Waals surface area contributed by atoms with E-state index in [1.54, 1.807) is 0 Å². The van der Waals surface area contributed by atoms with Crippen molar-refractivity contribution in [1.29, 1.82) is 0 Å². The number of rotatable bonds is 7. The van der Waals surface area contributed by atoms with Crippen LogP contribution in [0.4, 0.5) is 0 Å². The van der Waals surface area contributed by atoms with Gasteiger partial charge in [0.1, 0.15) is 0 Å². The van der Waals surface area contributed by atoms with Crippen molar-refractivity contribution < 1.29 is 9.53 Å². The average Bonchev–Trinajstić information content (AvgIpc) is 1.96. The smallest absolute Gasteiger partial charge is 0.219 e. The van der Waals surface area contributed by atoms with Crippen LogP contribution in [0.1, 0.15) is 25.7 Å². The molecule has 0 rings (SSSR count). The van der Waals surface area contributed by atoms with Crippen LogP contribution in [0.5, 0.6) is 0 Å². The fraction of sp³-hybridized carbons (Fsp3) is 0.750. The lowest BCUT2D eigenvalue weighted by molar-refractivity contribution is -0.119. The van der Waals surface area contributed by atoms with E-state index in [9.17, 15) is 4.79 Å². The fourth-order valence-electron chi connectivity index (χ4n) is 0.656. The van der Waals surface area contributed by atoms with Crippen molar-refractivity contribution in [2.45, 2.75) is 25.7 Å². The summed E-state index contributed by atoms with van der Waals surface area (Å²) in [4.78, 5) is 10.2. The molecule has 0 aromatic carbocycles. The first kappa shape index (κ1) is 10.4. The van der Waals surface area contributed by atoms with Gasteiger partial charge in [-0.2, -0.15) is 0 Å². The highest BCUT2D eigenvalue weighted by Crippen LogP contribution is 1.93. The molecule has 1 radical (unpaired) electrons. The second kappa shape index (κ2) is 7.54. The molecule has 1 amide bonds. The van der Waals surface area contributed by atoms with E-state index in [4.69, 9.17) is 10.5 Å². The zero-order chi connectivity index (χ0) is 8.53. The van der Waals surface area contributed by atoms with E-state index >= 15 is 0 Å². The first-order valence-corrected chi connectivity index (χ1v) is 3.92. The summed E-state index contributed by atoms with van der Waals surface area (Å²) in [6, 6.07) is 0. The fourth-order valence-corrected chi connectivity index (χ4v) is 0.656. The molecule has 65 valence electrons. The lowest BCUT2D eigenvalue weighted by Crippen LogP contribution is -2.13. The molecule has 0 aromatic heterocycles. The van der Waals surface area contributed by atoms with Crippen LogP contribution in [0, 0.1) is 6.92 Å². The second-order valence-corrected chi connectivity index (χ2v) is 2.39. The highest BCUT2D eigenvalue weighted by molar-refractivity contribution is 5.73. The predicted octanol–water partition coefficient (Wildman–Crippen LogP) is 0.883. The number of carbonyl (C=O) groups excluding carboxylic acids is 1. The number of hydrogen-bond donors (Lipinski definition) is 1. The topological polar surface area (TPSA) is 52.3 Å². The Labute approximate surface area is 67.9 Å². The number of ether oxygens (including phenoxy) is 1. The molecule has 0 aliphatic carbocycles. The Morgan fingerprint density at radius 3 is 2.64 bits per heavy atom. The van der Waals surface area contributed by atoms with E-state index in [1.807, 2.05) is 0 Å². The van der Waals surface area contributed by atoms with Gasteiger partial charge in [-0.05, 0) is 6.42 Å². The highest BCUT2D eigenvalue weighted by atomic mass is 16.5. The van der Waals surface area contributed by atoms with Crippen molar-refractivity contribution >= 4 is 5.91 Å². The van der Waals surface area contributed by atoms with Crippen LogP contribution < -0.4 is 5.73 Å². The molecule has 0 aliphatic rings. The average molecular weight is 158 g/mol. The molecule has 0 bridgehead atoms. The standard InChI is InChI=1S/C8H16NO2/c1-2-3-4-6-11-7-5-8(9)10/h1-7H2,(H2,9,10). The maximum atomic E-state index is 10.2. The Morgan fingerprint density at radius 2 is 2.09 bits per heavy atom. The van der Waals surface area contributed by atoms with E-state index in [0.717, 1.165) is 19.3 Å². The van der Waals surface area contributed by atoms with Gasteiger partial charge in [-0.3, -0.25) is 4.79 Å². The Hall–Kier alpha value is -0.570. The SMILES string of the molecule is [CH2]CCCCOCCC(N)=O. The lowest BCUT2D eigenvalue weighted by Gasteiger charge is -2.00. The second-order valence-electron chi connectivity index (χ2n) is 2.39. The molecule has 11 heavy (non-hydrogen) atoms. The summed E-state index contributed by atoms with van der Waals surface area (Å²) in [6.07, 6.45) is 3.36. The predicted molar refractivity (Wildman–Crippen MR) is 43.8 cm³/mol. The van der Waals surface area contributed by atoms with Gasteiger partial charge in [-0.1, -0.05) is 19.8 Å². The van der Waals surface area contributed by atoms with Crippen LogP contribution in [0.15, 0.2) is 0 Å². The van der Waals surface area contributed by atoms with Gasteiger partial charge >= 0.3 is 0 Å². The molecule has 3 heteroatoms. The van der Waals surface area contributed by atoms with Gasteiger partial charge < -0.3 is 10.5 Å². The van der Waals surface area contributed by atoms with Gasteiger partial charge in [-0.25, -0.2) is 0 Å². The summed E-state index contributed by atoms with van der Waals surface area (Å²) in [6.45, 7) is 4.86. The van der Waals surface area contributed by atoms with Gasteiger partial charge in [0.25, 0.3) is 0 Å². The minimum atomic E-state index is -0.304. The Balaban J connectivity index is 2.85. The lowest BCUT2D eigenvalue weighted by atomic mass is 10.3. The van der Waals surface area contributed by atoms with Crippen molar-refractivity contribution in [3.63, 3.8) is 0 Å². The maximum absolute atomic E-state index is 10.2. The summed E-state index contributed by atoms with van der Waals surface area (Å²) in [5.74, 6) is -0.304. The van der Waals surface area contributed by atoms with Crippen molar-refractivity contribution in [2.24, 2.45) is 5.73 Å². The number of unbranched alkanes of at least 4 members (excludes halogenated alkanes) is 2. The van der Waals surface area contributed by atoms with Crippen LogP contribution in [-0.2, 0) is 9.53 Å². The minimum absolute atomic E-state index is 0.304. The van der Waals surface area contributed by atoms with Crippen molar-refractivity contribution in [3.8, 4) is 0 Å². The largest absolute Gasteiger partial charge is 0.381 e. The first-order chi connectivity index (χ1) is 5.27. The van der Waals surface area contributed by atoms with Crippen molar-refractivity contribution in [1.82, 2.24) is 0 Å². The van der Waals surface area contributed by atoms with Crippen molar-refractivity contribution in [2.75, 3.05) is 13.2 Å². The van der Waals surface area contributed by atoms with Gasteiger partial charge in [0.2, 0.25) is 5.91 Å². The molecule has 2 N–H and O–H groups in total. The molecule has 0 spiro atoms. The molecule has 0 fully saturated rings. The van der Waals surface area contributed by atoms with Crippen LogP contribution in [0.25, 0.3) is 0 Å². The first-order valence-electron chi connectivity index (χ1n) is 3.92. The molecule has 0 atom stereocenters. The number of nitrogens with two attached hydrogens (primary N) is 1. The van der Waals surface area contributed by atoms with Crippen LogP contribution in [0.3, 0.4) is 0 Å². The number of hydrogen-bond acceptors (Lipinski definition) is 2. The summed E-state index contributed by atoms with van der Waals surface area (Å²) in [7, 11) is 0.